The zero-order valence-corrected chi connectivity index (χ0v) is 17.5. The van der Waals surface area contributed by atoms with Gasteiger partial charge in [-0.25, -0.2) is 14.5 Å². The molecule has 3 aromatic rings. The Morgan fingerprint density at radius 2 is 1.80 bits per heavy atom. The van der Waals surface area contributed by atoms with E-state index >= 15 is 0 Å². The van der Waals surface area contributed by atoms with Gasteiger partial charge in [0.25, 0.3) is 0 Å². The van der Waals surface area contributed by atoms with Crippen LogP contribution in [0.15, 0.2) is 42.7 Å². The smallest absolute Gasteiger partial charge is 0.449 e. The number of unbranched alkanes of at least 4 members (excludes halogenated alkanes) is 2. The third-order valence-corrected chi connectivity index (χ3v) is 4.88. The van der Waals surface area contributed by atoms with Gasteiger partial charge in [0, 0.05) is 36.9 Å². The summed E-state index contributed by atoms with van der Waals surface area (Å²) in [5.41, 5.74) is 2.59. The van der Waals surface area contributed by atoms with E-state index in [2.05, 4.69) is 18.8 Å². The van der Waals surface area contributed by atoms with E-state index in [4.69, 9.17) is 19.9 Å². The molecular weight excluding hydrogens is 380 g/mol. The van der Waals surface area contributed by atoms with Crippen molar-refractivity contribution in [3.05, 3.63) is 59.9 Å². The number of carboxylic acid groups (broad SMARTS) is 1. The highest BCUT2D eigenvalue weighted by Crippen LogP contribution is 2.29. The number of rotatable bonds is 10. The first-order valence-corrected chi connectivity index (χ1v) is 10.5. The van der Waals surface area contributed by atoms with Crippen molar-refractivity contribution < 1.29 is 14.6 Å². The molecule has 30 heavy (non-hydrogen) atoms. The summed E-state index contributed by atoms with van der Waals surface area (Å²) in [6, 6.07) is 9.47. The van der Waals surface area contributed by atoms with Gasteiger partial charge in [0.15, 0.2) is 5.82 Å². The van der Waals surface area contributed by atoms with Crippen molar-refractivity contribution in [2.24, 2.45) is 0 Å². The Balaban J connectivity index is 1.79. The highest BCUT2D eigenvalue weighted by molar-refractivity contribution is 5.73. The van der Waals surface area contributed by atoms with Gasteiger partial charge in [0.2, 0.25) is 0 Å². The molecule has 0 spiro atoms. The highest BCUT2D eigenvalue weighted by Gasteiger charge is 2.12. The van der Waals surface area contributed by atoms with Gasteiger partial charge in [0.1, 0.15) is 11.6 Å². The Kier molecular flexibility index (Phi) is 7.54. The Hall–Kier alpha value is -3.22. The topological polar surface area (TPSA) is 90.1 Å². The van der Waals surface area contributed by atoms with Crippen LogP contribution in [-0.2, 0) is 19.4 Å². The predicted octanol–water partition coefficient (Wildman–Crippen LogP) is 5.13. The van der Waals surface area contributed by atoms with Gasteiger partial charge >= 0.3 is 6.16 Å². The largest absolute Gasteiger partial charge is 0.511 e. The maximum absolute atomic E-state index is 10.9. The molecule has 1 aromatic carbocycles. The first-order valence-electron chi connectivity index (χ1n) is 10.5. The van der Waals surface area contributed by atoms with E-state index in [0.29, 0.717) is 12.1 Å². The van der Waals surface area contributed by atoms with Crippen LogP contribution >= 0.6 is 0 Å². The zero-order chi connectivity index (χ0) is 21.3. The Bertz CT molecular complexity index is 967. The molecule has 2 heterocycles. The van der Waals surface area contributed by atoms with Gasteiger partial charge < -0.3 is 9.84 Å². The first kappa shape index (κ1) is 21.5. The Morgan fingerprint density at radius 1 is 1.07 bits per heavy atom. The van der Waals surface area contributed by atoms with Crippen LogP contribution in [0.2, 0.25) is 0 Å². The molecule has 3 rings (SSSR count). The fourth-order valence-corrected chi connectivity index (χ4v) is 3.26. The van der Waals surface area contributed by atoms with Crippen LogP contribution in [0, 0.1) is 0 Å². The molecule has 158 valence electrons. The summed E-state index contributed by atoms with van der Waals surface area (Å²) < 4.78 is 6.88. The molecule has 0 radical (unpaired) electrons. The summed E-state index contributed by atoms with van der Waals surface area (Å²) >= 11 is 0. The maximum Gasteiger partial charge on any atom is 0.511 e. The van der Waals surface area contributed by atoms with Gasteiger partial charge in [-0.1, -0.05) is 51.0 Å². The molecule has 0 aliphatic rings. The minimum Gasteiger partial charge on any atom is -0.449 e. The lowest BCUT2D eigenvalue weighted by atomic mass is 10.0. The molecule has 1 N–H and O–H groups in total. The number of hydrogen-bond acceptors (Lipinski definition) is 5. The lowest BCUT2D eigenvalue weighted by Gasteiger charge is -2.09. The molecule has 0 aliphatic heterocycles. The van der Waals surface area contributed by atoms with Crippen LogP contribution in [0.3, 0.4) is 0 Å². The second-order valence-corrected chi connectivity index (χ2v) is 7.25. The molecule has 0 aliphatic carbocycles. The van der Waals surface area contributed by atoms with E-state index in [1.807, 2.05) is 28.9 Å². The van der Waals surface area contributed by atoms with Crippen LogP contribution in [0.5, 0.6) is 5.75 Å². The van der Waals surface area contributed by atoms with Crippen LogP contribution in [-0.4, -0.2) is 31.0 Å². The maximum atomic E-state index is 10.9. The first-order chi connectivity index (χ1) is 14.6. The van der Waals surface area contributed by atoms with Gasteiger partial charge in [-0.3, -0.25) is 4.98 Å². The van der Waals surface area contributed by atoms with E-state index < -0.39 is 6.16 Å². The number of aryl methyl sites for hydroxylation is 2. The van der Waals surface area contributed by atoms with E-state index in [1.165, 1.54) is 6.20 Å². The van der Waals surface area contributed by atoms with Gasteiger partial charge in [-0.2, -0.15) is 5.10 Å². The monoisotopic (exact) mass is 408 g/mol. The molecule has 2 aromatic heterocycles. The normalized spacial score (nSPS) is 10.9. The number of nitrogens with zero attached hydrogens (tertiary/aromatic N) is 4. The van der Waals surface area contributed by atoms with Gasteiger partial charge in [-0.15, -0.1) is 0 Å². The molecular formula is C23H28N4O3. The van der Waals surface area contributed by atoms with Crippen LogP contribution in [0.1, 0.15) is 56.7 Å². The SMILES string of the molecule is CCCCc1nc(CCCC)n(Cc2ccc(-c3cnccc3OC(=O)O)cc2)n1. The standard InChI is InChI=1S/C23H28N4O3/c1-3-5-7-21-25-22(8-6-4-2)27(26-21)16-17-9-11-18(12-10-17)19-15-24-14-13-20(19)30-23(28)29/h9-15H,3-8,16H2,1-2H3,(H,28,29). The minimum atomic E-state index is -1.34. The number of pyridine rings is 1. The van der Waals surface area contributed by atoms with Crippen molar-refractivity contribution >= 4 is 6.16 Å². The summed E-state index contributed by atoms with van der Waals surface area (Å²) in [6.45, 7) is 5.01. The Labute approximate surface area is 176 Å². The molecule has 0 unspecified atom stereocenters. The fourth-order valence-electron chi connectivity index (χ4n) is 3.26. The third kappa shape index (κ3) is 5.65. The van der Waals surface area contributed by atoms with Crippen molar-refractivity contribution in [1.82, 2.24) is 19.7 Å². The highest BCUT2D eigenvalue weighted by atomic mass is 16.7. The third-order valence-electron chi connectivity index (χ3n) is 4.88. The number of carbonyl (C=O) groups is 1. The summed E-state index contributed by atoms with van der Waals surface area (Å²) in [5.74, 6) is 2.23. The second-order valence-electron chi connectivity index (χ2n) is 7.25. The second kappa shape index (κ2) is 10.5. The quantitative estimate of drug-likeness (QED) is 0.468. The minimum absolute atomic E-state index is 0.268. The molecule has 7 heteroatoms. The summed E-state index contributed by atoms with van der Waals surface area (Å²) in [6.07, 6.45) is 8.05. The summed E-state index contributed by atoms with van der Waals surface area (Å²) in [7, 11) is 0. The summed E-state index contributed by atoms with van der Waals surface area (Å²) in [5, 5.41) is 13.7. The van der Waals surface area contributed by atoms with Crippen molar-refractivity contribution in [1.29, 1.82) is 0 Å². The average molecular weight is 409 g/mol. The molecule has 0 atom stereocenters. The van der Waals surface area contributed by atoms with Crippen LogP contribution < -0.4 is 4.74 Å². The van der Waals surface area contributed by atoms with Crippen molar-refractivity contribution in [3.63, 3.8) is 0 Å². The fraction of sp³-hybridized carbons (Fsp3) is 0.391. The molecule has 0 saturated heterocycles. The lowest BCUT2D eigenvalue weighted by Crippen LogP contribution is -2.07. The average Bonchev–Trinajstić information content (AvgIpc) is 3.12. The van der Waals surface area contributed by atoms with Gasteiger partial charge in [-0.05, 0) is 24.0 Å². The van der Waals surface area contributed by atoms with Crippen molar-refractivity contribution in [2.45, 2.75) is 58.9 Å². The van der Waals surface area contributed by atoms with E-state index in [-0.39, 0.29) is 5.75 Å². The van der Waals surface area contributed by atoms with E-state index in [0.717, 1.165) is 61.3 Å². The predicted molar refractivity (Wildman–Crippen MR) is 115 cm³/mol. The van der Waals surface area contributed by atoms with Crippen molar-refractivity contribution in [2.75, 3.05) is 0 Å². The van der Waals surface area contributed by atoms with Crippen LogP contribution in [0.4, 0.5) is 4.79 Å². The number of aromatic nitrogens is 4. The number of ether oxygens (including phenoxy) is 1. The zero-order valence-electron chi connectivity index (χ0n) is 17.5. The number of benzene rings is 1. The molecule has 0 amide bonds. The van der Waals surface area contributed by atoms with Gasteiger partial charge in [0.05, 0.1) is 6.54 Å². The van der Waals surface area contributed by atoms with E-state index in [9.17, 15) is 4.79 Å². The summed E-state index contributed by atoms with van der Waals surface area (Å²) in [4.78, 5) is 19.8. The lowest BCUT2D eigenvalue weighted by molar-refractivity contribution is 0.144. The van der Waals surface area contributed by atoms with Crippen molar-refractivity contribution in [3.8, 4) is 16.9 Å². The molecule has 0 bridgehead atoms. The molecule has 0 fully saturated rings. The molecule has 0 saturated carbocycles. The molecule has 7 nitrogen and oxygen atoms in total. The number of hydrogen-bond donors (Lipinski definition) is 1. The van der Waals surface area contributed by atoms with E-state index in [1.54, 1.807) is 12.3 Å². The Morgan fingerprint density at radius 3 is 2.50 bits per heavy atom. The van der Waals surface area contributed by atoms with Crippen LogP contribution in [0.25, 0.3) is 11.1 Å².